The average molecular weight is 744 g/mol. The minimum absolute atomic E-state index is 1.22. The first-order chi connectivity index (χ1) is 25.6. The first-order valence-corrected chi connectivity index (χ1v) is 14.0. The molecule has 3 aliphatic rings. The summed E-state index contributed by atoms with van der Waals surface area (Å²) in [5.41, 5.74) is -24.1. The van der Waals surface area contributed by atoms with Gasteiger partial charge in [-0.3, -0.25) is 0 Å². The lowest BCUT2D eigenvalue weighted by Gasteiger charge is -2.19. The van der Waals surface area contributed by atoms with E-state index in [2.05, 4.69) is 14.5 Å². The fraction of sp³-hybridized carbons (Fsp3) is 0. The minimum atomic E-state index is -2.64. The van der Waals surface area contributed by atoms with Crippen molar-refractivity contribution in [1.29, 1.82) is 15.8 Å². The maximum absolute atomic E-state index is 16.2. The molecule has 0 aliphatic heterocycles. The number of nitrogens with zero attached hydrogens (tertiary/aromatic N) is 6. The molecule has 54 heavy (non-hydrogen) atoms. The summed E-state index contributed by atoms with van der Waals surface area (Å²) < 4.78 is 187. The molecule has 0 saturated carbocycles. The molecule has 0 atom stereocenters. The molecule has 0 radical (unpaired) electrons. The molecule has 0 bridgehead atoms. The molecule has 7 rings (SSSR count). The highest BCUT2D eigenvalue weighted by Crippen LogP contribution is 2.67. The van der Waals surface area contributed by atoms with Gasteiger partial charge in [-0.1, -0.05) is 0 Å². The molecule has 6 nitrogen and oxygen atoms in total. The smallest absolute Gasteiger partial charge is 0.226 e. The first kappa shape index (κ1) is 34.6. The highest BCUT2D eigenvalue weighted by molar-refractivity contribution is 6.24. The van der Waals surface area contributed by atoms with Crippen molar-refractivity contribution in [2.24, 2.45) is 0 Å². The molecule has 0 unspecified atom stereocenters. The van der Waals surface area contributed by atoms with Gasteiger partial charge in [-0.2, -0.15) is 20.2 Å². The Kier molecular flexibility index (Phi) is 7.28. The molecule has 0 N–H and O–H groups in total. The van der Waals surface area contributed by atoms with E-state index in [1.165, 1.54) is 18.2 Å². The van der Waals surface area contributed by atoms with Gasteiger partial charge >= 0.3 is 5.82 Å². The Morgan fingerprint density at radius 1 is 0.333 bits per heavy atom. The zero-order chi connectivity index (χ0) is 39.6. The van der Waals surface area contributed by atoms with Crippen LogP contribution in [0, 0.1) is 124 Å². The Morgan fingerprint density at radius 3 is 0.944 bits per heavy atom. The van der Waals surface area contributed by atoms with Crippen molar-refractivity contribution in [1.82, 2.24) is 0 Å². The number of rotatable bonds is 0. The zero-order valence-electron chi connectivity index (χ0n) is 25.2. The number of benzene rings is 4. The Morgan fingerprint density at radius 2 is 0.630 bits per heavy atom. The van der Waals surface area contributed by atoms with E-state index in [1.54, 1.807) is 0 Å². The van der Waals surface area contributed by atoms with Crippen LogP contribution in [0.25, 0.3) is 64.6 Å². The molecule has 3 aliphatic carbocycles. The normalized spacial score (nSPS) is 13.2. The third-order valence-electron chi connectivity index (χ3n) is 8.91. The van der Waals surface area contributed by atoms with Crippen molar-refractivity contribution in [3.63, 3.8) is 0 Å². The van der Waals surface area contributed by atoms with Crippen molar-refractivity contribution in [2.75, 3.05) is 0 Å². The van der Waals surface area contributed by atoms with Crippen molar-refractivity contribution in [3.8, 4) is 51.6 Å². The molecule has 4 aromatic carbocycles. The SMILES string of the molecule is [C-]#[N+]C([N+]#[C-])=C1c2c(F)c(F)c(F)c(F)c2-c2c1c1c(c3c2/C(=C(/C#N)[N+]#[C-])c2c(F)c(F)c(F)c(F)c2-3)C(=C(C#N)C#N)c2c(F)c(F)c(F)c(F)c2-1. The summed E-state index contributed by atoms with van der Waals surface area (Å²) >= 11 is 0. The maximum atomic E-state index is 16.2. The van der Waals surface area contributed by atoms with Crippen LogP contribution in [0.15, 0.2) is 17.1 Å². The molecule has 4 aromatic rings. The van der Waals surface area contributed by atoms with Gasteiger partial charge in [-0.25, -0.2) is 62.8 Å². The second-order valence-electron chi connectivity index (χ2n) is 11.1. The quantitative estimate of drug-likeness (QED) is 0.0510. The molecule has 18 heteroatoms. The topological polar surface area (TPSA) is 84.4 Å². The number of allylic oxidation sites excluding steroid dienone is 2. The molecular weight excluding hydrogens is 744 g/mol. The summed E-state index contributed by atoms with van der Waals surface area (Å²) in [6.45, 7) is 22.7. The summed E-state index contributed by atoms with van der Waals surface area (Å²) in [5.74, 6) is -31.7. The van der Waals surface area contributed by atoms with Crippen LogP contribution in [0.5, 0.6) is 0 Å². The fourth-order valence-electron chi connectivity index (χ4n) is 7.05. The average Bonchev–Trinajstić information content (AvgIpc) is 3.82. The van der Waals surface area contributed by atoms with E-state index in [0.717, 1.165) is 0 Å². The molecule has 0 aromatic heterocycles. The van der Waals surface area contributed by atoms with E-state index in [0.29, 0.717) is 0 Å². The van der Waals surface area contributed by atoms with Crippen LogP contribution in [-0.4, -0.2) is 0 Å². The van der Waals surface area contributed by atoms with Gasteiger partial charge in [-0.05, 0) is 11.1 Å². The third kappa shape index (κ3) is 3.76. The van der Waals surface area contributed by atoms with Crippen molar-refractivity contribution < 1.29 is 52.7 Å². The standard InChI is InChI=1S/C36F12N6/c1-52-8(6-51)10-12-13(20-18(10)25(38)31(44)33(46)27(20)40)11-9(7(4-49)5-50)17-19(26(39)32(45)30(43)24(17)37)14(11)16-15(12)21-22(23(16)36(53-2)54-3)29(42)35(48)34(47)28(21)41/b10-8+. The van der Waals surface area contributed by atoms with Gasteiger partial charge in [0.1, 0.15) is 30.9 Å². The van der Waals surface area contributed by atoms with Crippen molar-refractivity contribution in [2.45, 2.75) is 0 Å². The van der Waals surface area contributed by atoms with E-state index >= 15 is 39.5 Å². The number of fused-ring (bicyclic) bond motifs is 12. The Balaban J connectivity index is 2.02. The number of nitriles is 3. The number of hydrogen-bond acceptors (Lipinski definition) is 3. The maximum Gasteiger partial charge on any atom is 0.528 e. The number of hydrogen-bond donors (Lipinski definition) is 0. The summed E-state index contributed by atoms with van der Waals surface area (Å²) in [6.07, 6.45) is 0. The van der Waals surface area contributed by atoms with Crippen LogP contribution in [0.3, 0.4) is 0 Å². The van der Waals surface area contributed by atoms with Gasteiger partial charge < -0.3 is 0 Å². The second-order valence-corrected chi connectivity index (χ2v) is 11.1. The van der Waals surface area contributed by atoms with Crippen LogP contribution < -0.4 is 0 Å². The summed E-state index contributed by atoms with van der Waals surface area (Å²) in [4.78, 5) is 8.51. The molecule has 0 amide bonds. The van der Waals surface area contributed by atoms with Gasteiger partial charge in [0.05, 0.1) is 18.2 Å². The van der Waals surface area contributed by atoms with E-state index < -0.39 is 170 Å². The van der Waals surface area contributed by atoms with E-state index in [1.807, 2.05) is 0 Å². The van der Waals surface area contributed by atoms with Gasteiger partial charge in [0.2, 0.25) is 0 Å². The Labute approximate surface area is 291 Å². The third-order valence-corrected chi connectivity index (χ3v) is 8.91. The zero-order valence-corrected chi connectivity index (χ0v) is 25.2. The molecule has 0 saturated heterocycles. The monoisotopic (exact) mass is 744 g/mol. The predicted octanol–water partition coefficient (Wildman–Crippen LogP) is 9.90. The predicted molar refractivity (Wildman–Crippen MR) is 157 cm³/mol. The Bertz CT molecular complexity index is 2630. The minimum Gasteiger partial charge on any atom is -0.226 e. The summed E-state index contributed by atoms with van der Waals surface area (Å²) in [5, 5.41) is 29.8. The van der Waals surface area contributed by atoms with Gasteiger partial charge in [-0.15, -0.1) is 0 Å². The lowest BCUT2D eigenvalue weighted by Crippen LogP contribution is -2.03. The number of halogens is 12. The van der Waals surface area contributed by atoms with Crippen LogP contribution in [0.4, 0.5) is 52.7 Å². The van der Waals surface area contributed by atoms with Crippen molar-refractivity contribution in [3.05, 3.63) is 155 Å². The Hall–Kier alpha value is -7.80. The summed E-state index contributed by atoms with van der Waals surface area (Å²) in [7, 11) is 0. The van der Waals surface area contributed by atoms with Crippen LogP contribution >= 0.6 is 0 Å². The molecule has 0 fully saturated rings. The van der Waals surface area contributed by atoms with Gasteiger partial charge in [0.25, 0.3) is 5.70 Å². The first-order valence-electron chi connectivity index (χ1n) is 14.0. The lowest BCUT2D eigenvalue weighted by molar-refractivity contribution is 0.410. The van der Waals surface area contributed by atoms with E-state index in [-0.39, 0.29) is 0 Å². The van der Waals surface area contributed by atoms with Gasteiger partial charge in [0.15, 0.2) is 69.8 Å². The van der Waals surface area contributed by atoms with E-state index in [9.17, 15) is 29.0 Å². The molecular formula is C36F12N6. The van der Waals surface area contributed by atoms with Crippen LogP contribution in [0.2, 0.25) is 0 Å². The summed E-state index contributed by atoms with van der Waals surface area (Å²) in [6, 6.07) is 3.66. The highest BCUT2D eigenvalue weighted by Gasteiger charge is 2.52. The largest absolute Gasteiger partial charge is 0.528 e. The fourth-order valence-corrected chi connectivity index (χ4v) is 7.05. The van der Waals surface area contributed by atoms with Crippen LogP contribution in [0.1, 0.15) is 33.4 Å². The van der Waals surface area contributed by atoms with Gasteiger partial charge in [0, 0.05) is 66.8 Å². The lowest BCUT2D eigenvalue weighted by atomic mass is 9.83. The molecule has 0 spiro atoms. The second kappa shape index (κ2) is 11.4. The van der Waals surface area contributed by atoms with Crippen molar-refractivity contribution >= 4 is 16.7 Å². The molecule has 0 heterocycles. The molecule has 258 valence electrons. The highest BCUT2D eigenvalue weighted by atomic mass is 19.2. The van der Waals surface area contributed by atoms with Crippen LogP contribution in [-0.2, 0) is 0 Å². The van der Waals surface area contributed by atoms with E-state index in [4.69, 9.17) is 19.7 Å².